The minimum absolute atomic E-state index is 0.0559. The van der Waals surface area contributed by atoms with Crippen LogP contribution in [-0.4, -0.2) is 42.3 Å². The Morgan fingerprint density at radius 3 is 2.24 bits per heavy atom. The van der Waals surface area contributed by atoms with Gasteiger partial charge in [-0.25, -0.2) is 8.78 Å². The summed E-state index contributed by atoms with van der Waals surface area (Å²) in [5, 5.41) is 10.5. The van der Waals surface area contributed by atoms with E-state index in [-0.39, 0.29) is 11.4 Å². The Balaban J connectivity index is 1.37. The zero-order valence-corrected chi connectivity index (χ0v) is 15.6. The molecule has 1 fully saturated rings. The third-order valence-electron chi connectivity index (χ3n) is 4.79. The van der Waals surface area contributed by atoms with E-state index in [9.17, 15) is 13.6 Å². The number of aromatic nitrogens is 2. The highest BCUT2D eigenvalue weighted by Gasteiger charge is 2.19. The summed E-state index contributed by atoms with van der Waals surface area (Å²) in [7, 11) is 0. The number of nitrogens with one attached hydrogen (secondary N) is 1. The number of amides is 1. The van der Waals surface area contributed by atoms with Crippen LogP contribution < -0.4 is 15.1 Å². The third-order valence-corrected chi connectivity index (χ3v) is 4.79. The van der Waals surface area contributed by atoms with Crippen molar-refractivity contribution in [2.24, 2.45) is 0 Å². The topological polar surface area (TPSA) is 61.4 Å². The molecule has 1 saturated heterocycles. The molecule has 2 heterocycles. The zero-order chi connectivity index (χ0) is 20.2. The number of nitrogens with zero attached hydrogens (tertiary/aromatic N) is 4. The van der Waals surface area contributed by atoms with Gasteiger partial charge >= 0.3 is 0 Å². The molecule has 0 unspecified atom stereocenters. The lowest BCUT2D eigenvalue weighted by atomic mass is 10.2. The van der Waals surface area contributed by atoms with Gasteiger partial charge in [0.05, 0.1) is 5.69 Å². The summed E-state index contributed by atoms with van der Waals surface area (Å²) >= 11 is 0. The fraction of sp³-hybridized carbons (Fsp3) is 0.190. The fourth-order valence-corrected chi connectivity index (χ4v) is 3.22. The monoisotopic (exact) mass is 395 g/mol. The Morgan fingerprint density at radius 2 is 1.59 bits per heavy atom. The zero-order valence-electron chi connectivity index (χ0n) is 15.6. The first-order valence-electron chi connectivity index (χ1n) is 9.25. The predicted octanol–water partition coefficient (Wildman–Crippen LogP) is 3.33. The van der Waals surface area contributed by atoms with Crippen LogP contribution in [0.5, 0.6) is 0 Å². The van der Waals surface area contributed by atoms with Crippen molar-refractivity contribution in [3.8, 4) is 0 Å². The van der Waals surface area contributed by atoms with Crippen molar-refractivity contribution in [3.63, 3.8) is 0 Å². The van der Waals surface area contributed by atoms with Crippen LogP contribution in [0.2, 0.25) is 0 Å². The minimum atomic E-state index is -0.848. The van der Waals surface area contributed by atoms with Crippen LogP contribution in [-0.2, 0) is 0 Å². The number of halogens is 2. The van der Waals surface area contributed by atoms with Gasteiger partial charge in [0, 0.05) is 37.9 Å². The Morgan fingerprint density at radius 1 is 0.862 bits per heavy atom. The molecule has 0 radical (unpaired) electrons. The normalized spacial score (nSPS) is 14.0. The Labute approximate surface area is 166 Å². The van der Waals surface area contributed by atoms with Gasteiger partial charge in [0.25, 0.3) is 5.91 Å². The molecule has 1 aliphatic rings. The van der Waals surface area contributed by atoms with Gasteiger partial charge in [-0.1, -0.05) is 18.2 Å². The van der Waals surface area contributed by atoms with Gasteiger partial charge in [-0.15, -0.1) is 10.2 Å². The van der Waals surface area contributed by atoms with Gasteiger partial charge in [-0.2, -0.15) is 0 Å². The summed E-state index contributed by atoms with van der Waals surface area (Å²) in [4.78, 5) is 16.7. The second-order valence-corrected chi connectivity index (χ2v) is 6.66. The molecule has 3 aromatic rings. The van der Waals surface area contributed by atoms with Gasteiger partial charge in [0.1, 0.15) is 11.6 Å². The second kappa shape index (κ2) is 8.22. The van der Waals surface area contributed by atoms with Crippen LogP contribution in [0.15, 0.2) is 60.7 Å². The predicted molar refractivity (Wildman–Crippen MR) is 107 cm³/mol. The maximum absolute atomic E-state index is 13.7. The molecule has 0 bridgehead atoms. The largest absolute Gasteiger partial charge is 0.368 e. The maximum atomic E-state index is 13.7. The molecule has 0 aliphatic carbocycles. The quantitative estimate of drug-likeness (QED) is 0.734. The van der Waals surface area contributed by atoms with E-state index in [0.717, 1.165) is 38.3 Å². The lowest BCUT2D eigenvalue weighted by Crippen LogP contribution is -2.46. The lowest BCUT2D eigenvalue weighted by Gasteiger charge is -2.36. The maximum Gasteiger partial charge on any atom is 0.276 e. The highest BCUT2D eigenvalue weighted by Crippen LogP contribution is 2.19. The first kappa shape index (κ1) is 18.8. The number of anilines is 3. The van der Waals surface area contributed by atoms with Crippen molar-refractivity contribution in [1.29, 1.82) is 0 Å². The van der Waals surface area contributed by atoms with Crippen molar-refractivity contribution in [3.05, 3.63) is 78.0 Å². The van der Waals surface area contributed by atoms with Crippen molar-refractivity contribution < 1.29 is 13.6 Å². The first-order valence-corrected chi connectivity index (χ1v) is 9.25. The Kier molecular flexibility index (Phi) is 5.33. The molecule has 0 atom stereocenters. The average molecular weight is 395 g/mol. The second-order valence-electron chi connectivity index (χ2n) is 6.66. The molecule has 1 aliphatic heterocycles. The van der Waals surface area contributed by atoms with Crippen molar-refractivity contribution in [1.82, 2.24) is 10.2 Å². The standard InChI is InChI=1S/C21H19F2N5O/c22-15-6-7-18(17(23)14-15)24-21(29)19-8-9-20(26-25-19)28-12-10-27(11-13-28)16-4-2-1-3-5-16/h1-9,14H,10-13H2,(H,24,29). The summed E-state index contributed by atoms with van der Waals surface area (Å²) in [5.41, 5.74) is 1.14. The third kappa shape index (κ3) is 4.31. The number of benzene rings is 2. The van der Waals surface area contributed by atoms with Crippen molar-refractivity contribution in [2.45, 2.75) is 0 Å². The molecule has 6 nitrogen and oxygen atoms in total. The van der Waals surface area contributed by atoms with E-state index in [0.29, 0.717) is 11.9 Å². The van der Waals surface area contributed by atoms with Crippen LogP contribution in [0.3, 0.4) is 0 Å². The smallest absolute Gasteiger partial charge is 0.276 e. The molecule has 148 valence electrons. The van der Waals surface area contributed by atoms with Crippen LogP contribution in [0.1, 0.15) is 10.5 Å². The van der Waals surface area contributed by atoms with E-state index in [2.05, 4.69) is 37.4 Å². The molecule has 29 heavy (non-hydrogen) atoms. The number of hydrogen-bond acceptors (Lipinski definition) is 5. The average Bonchev–Trinajstić information content (AvgIpc) is 2.76. The summed E-state index contributed by atoms with van der Waals surface area (Å²) in [5.74, 6) is -1.48. The van der Waals surface area contributed by atoms with Crippen molar-refractivity contribution in [2.75, 3.05) is 41.3 Å². The number of hydrogen-bond donors (Lipinski definition) is 1. The summed E-state index contributed by atoms with van der Waals surface area (Å²) in [6.45, 7) is 3.29. The Bertz CT molecular complexity index is 990. The highest BCUT2D eigenvalue weighted by atomic mass is 19.1. The van der Waals surface area contributed by atoms with Crippen LogP contribution in [0, 0.1) is 11.6 Å². The van der Waals surface area contributed by atoms with Gasteiger partial charge in [0.15, 0.2) is 11.5 Å². The van der Waals surface area contributed by atoms with Crippen molar-refractivity contribution >= 4 is 23.1 Å². The fourth-order valence-electron chi connectivity index (χ4n) is 3.22. The molecule has 2 aromatic carbocycles. The van der Waals surface area contributed by atoms with Gasteiger partial charge in [-0.3, -0.25) is 4.79 Å². The number of rotatable bonds is 4. The lowest BCUT2D eigenvalue weighted by molar-refractivity contribution is 0.102. The molecule has 0 saturated carbocycles. The van der Waals surface area contributed by atoms with E-state index < -0.39 is 17.5 Å². The molecular formula is C21H19F2N5O. The van der Waals surface area contributed by atoms with Crippen LogP contribution in [0.25, 0.3) is 0 Å². The van der Waals surface area contributed by atoms with Gasteiger partial charge in [-0.05, 0) is 36.4 Å². The molecule has 4 rings (SSSR count). The number of carbonyl (C=O) groups is 1. The Hall–Kier alpha value is -3.55. The number of carbonyl (C=O) groups excluding carboxylic acids is 1. The minimum Gasteiger partial charge on any atom is -0.368 e. The van der Waals surface area contributed by atoms with E-state index in [1.807, 2.05) is 18.2 Å². The van der Waals surface area contributed by atoms with E-state index in [1.54, 1.807) is 12.1 Å². The number of para-hydroxylation sites is 1. The first-order chi connectivity index (χ1) is 14.1. The molecule has 0 spiro atoms. The van der Waals surface area contributed by atoms with Crippen LogP contribution in [0.4, 0.5) is 26.0 Å². The number of piperazine rings is 1. The molecule has 1 amide bonds. The molecular weight excluding hydrogens is 376 g/mol. The summed E-state index contributed by atoms with van der Waals surface area (Å²) in [6.07, 6.45) is 0. The van der Waals surface area contributed by atoms with Crippen LogP contribution >= 0.6 is 0 Å². The van der Waals surface area contributed by atoms with E-state index >= 15 is 0 Å². The van der Waals surface area contributed by atoms with E-state index in [1.165, 1.54) is 5.69 Å². The van der Waals surface area contributed by atoms with Gasteiger partial charge in [0.2, 0.25) is 0 Å². The van der Waals surface area contributed by atoms with E-state index in [4.69, 9.17) is 0 Å². The SMILES string of the molecule is O=C(Nc1ccc(F)cc1F)c1ccc(N2CCN(c3ccccc3)CC2)nn1. The summed E-state index contributed by atoms with van der Waals surface area (Å²) in [6, 6.07) is 16.4. The molecule has 8 heteroatoms. The van der Waals surface area contributed by atoms with Gasteiger partial charge < -0.3 is 15.1 Å². The molecule has 1 aromatic heterocycles. The molecule has 1 N–H and O–H groups in total. The summed E-state index contributed by atoms with van der Waals surface area (Å²) < 4.78 is 26.7. The highest BCUT2D eigenvalue weighted by molar-refractivity contribution is 6.02.